The molecule has 5 heteroatoms. The third-order valence-corrected chi connectivity index (χ3v) is 3.00. The highest BCUT2D eigenvalue weighted by Crippen LogP contribution is 2.30. The van der Waals surface area contributed by atoms with Crippen LogP contribution in [0, 0.1) is 11.8 Å². The lowest BCUT2D eigenvalue weighted by molar-refractivity contribution is -0.125. The summed E-state index contributed by atoms with van der Waals surface area (Å²) in [4.78, 5) is 14.3. The molecular weight excluding hydrogens is 192 g/mol. The van der Waals surface area contributed by atoms with Crippen LogP contribution < -0.4 is 5.32 Å². The quantitative estimate of drug-likeness (QED) is 0.321. The molecule has 84 valence electrons. The average Bonchev–Trinajstić information content (AvgIpc) is 2.64. The van der Waals surface area contributed by atoms with Gasteiger partial charge < -0.3 is 5.32 Å². The van der Waals surface area contributed by atoms with E-state index < -0.39 is 0 Å². The zero-order valence-corrected chi connectivity index (χ0v) is 9.15. The van der Waals surface area contributed by atoms with Gasteiger partial charge in [-0.05, 0) is 30.7 Å². The molecule has 0 aromatic rings. The third-order valence-electron chi connectivity index (χ3n) is 3.00. The van der Waals surface area contributed by atoms with Gasteiger partial charge in [-0.15, -0.1) is 0 Å². The van der Waals surface area contributed by atoms with E-state index in [4.69, 9.17) is 5.53 Å². The molecule has 2 unspecified atom stereocenters. The summed E-state index contributed by atoms with van der Waals surface area (Å²) in [5.74, 6) is 0.882. The molecule has 1 fully saturated rings. The van der Waals surface area contributed by atoms with E-state index in [0.717, 1.165) is 25.7 Å². The molecule has 1 amide bonds. The van der Waals surface area contributed by atoms with Crippen LogP contribution in [0.2, 0.25) is 0 Å². The number of carbonyl (C=O) groups excluding carboxylic acids is 1. The van der Waals surface area contributed by atoms with Gasteiger partial charge in [0.05, 0.1) is 0 Å². The molecule has 0 radical (unpaired) electrons. The molecule has 1 aliphatic carbocycles. The van der Waals surface area contributed by atoms with Crippen LogP contribution in [0.3, 0.4) is 0 Å². The number of nitrogens with one attached hydrogen (secondary N) is 1. The minimum atomic E-state index is 0.168. The lowest BCUT2D eigenvalue weighted by atomic mass is 9.97. The van der Waals surface area contributed by atoms with Crippen molar-refractivity contribution in [1.29, 1.82) is 0 Å². The van der Waals surface area contributed by atoms with Crippen molar-refractivity contribution >= 4 is 5.91 Å². The summed E-state index contributed by atoms with van der Waals surface area (Å²) in [6.07, 6.45) is 4.06. The normalized spacial score (nSPS) is 24.6. The van der Waals surface area contributed by atoms with Gasteiger partial charge in [0.1, 0.15) is 0 Å². The van der Waals surface area contributed by atoms with E-state index in [1.165, 1.54) is 0 Å². The van der Waals surface area contributed by atoms with Crippen molar-refractivity contribution in [3.05, 3.63) is 10.4 Å². The van der Waals surface area contributed by atoms with Crippen molar-refractivity contribution < 1.29 is 4.79 Å². The van der Waals surface area contributed by atoms with Crippen molar-refractivity contribution in [2.75, 3.05) is 13.1 Å². The van der Waals surface area contributed by atoms with Crippen LogP contribution in [0.4, 0.5) is 0 Å². The van der Waals surface area contributed by atoms with E-state index in [1.54, 1.807) is 0 Å². The van der Waals surface area contributed by atoms with Crippen molar-refractivity contribution in [3.63, 3.8) is 0 Å². The number of nitrogens with zero attached hydrogens (tertiary/aromatic N) is 3. The first-order chi connectivity index (χ1) is 7.25. The average molecular weight is 210 g/mol. The number of azide groups is 1. The molecule has 0 aromatic carbocycles. The molecule has 0 aliphatic heterocycles. The summed E-state index contributed by atoms with van der Waals surface area (Å²) in [5.41, 5.74) is 8.05. The Morgan fingerprint density at radius 2 is 2.40 bits per heavy atom. The molecule has 1 N–H and O–H groups in total. The summed E-state index contributed by atoms with van der Waals surface area (Å²) in [5, 5.41) is 6.30. The van der Waals surface area contributed by atoms with Gasteiger partial charge in [-0.3, -0.25) is 4.79 Å². The largest absolute Gasteiger partial charge is 0.356 e. The van der Waals surface area contributed by atoms with Gasteiger partial charge >= 0.3 is 0 Å². The third kappa shape index (κ3) is 3.80. The molecule has 1 rings (SSSR count). The van der Waals surface area contributed by atoms with Gasteiger partial charge in [0.2, 0.25) is 5.91 Å². The lowest BCUT2D eigenvalue weighted by Crippen LogP contribution is -2.32. The Hall–Kier alpha value is -1.22. The predicted octanol–water partition coefficient (Wildman–Crippen LogP) is 2.24. The van der Waals surface area contributed by atoms with Crippen LogP contribution in [0.1, 0.15) is 32.6 Å². The highest BCUT2D eigenvalue weighted by molar-refractivity contribution is 5.79. The van der Waals surface area contributed by atoms with Gasteiger partial charge in [-0.1, -0.05) is 18.5 Å². The zero-order valence-electron chi connectivity index (χ0n) is 9.15. The Morgan fingerprint density at radius 1 is 1.60 bits per heavy atom. The van der Waals surface area contributed by atoms with Crippen LogP contribution >= 0.6 is 0 Å². The maximum absolute atomic E-state index is 11.7. The standard InChI is InChI=1S/C10H18N4O/c1-8-4-2-5-9(8)10(15)12-6-3-7-13-14-11/h8-9H,2-7H2,1H3,(H,12,15). The monoisotopic (exact) mass is 210 g/mol. The van der Waals surface area contributed by atoms with E-state index in [-0.39, 0.29) is 11.8 Å². The number of hydrogen-bond acceptors (Lipinski definition) is 2. The molecular formula is C10H18N4O. The SMILES string of the molecule is CC1CCCC1C(=O)NCCCN=[N+]=[N-]. The fourth-order valence-corrected chi connectivity index (χ4v) is 2.07. The predicted molar refractivity (Wildman–Crippen MR) is 58.1 cm³/mol. The van der Waals surface area contributed by atoms with Crippen molar-refractivity contribution in [1.82, 2.24) is 5.32 Å². The topological polar surface area (TPSA) is 77.9 Å². The molecule has 0 bridgehead atoms. The summed E-state index contributed by atoms with van der Waals surface area (Å²) in [7, 11) is 0. The minimum absolute atomic E-state index is 0.168. The summed E-state index contributed by atoms with van der Waals surface area (Å²) < 4.78 is 0. The van der Waals surface area contributed by atoms with E-state index >= 15 is 0 Å². The number of rotatable bonds is 5. The van der Waals surface area contributed by atoms with Crippen LogP contribution in [-0.4, -0.2) is 19.0 Å². The highest BCUT2D eigenvalue weighted by atomic mass is 16.1. The smallest absolute Gasteiger partial charge is 0.223 e. The molecule has 1 saturated carbocycles. The Balaban J connectivity index is 2.15. The molecule has 5 nitrogen and oxygen atoms in total. The van der Waals surface area contributed by atoms with E-state index in [1.807, 2.05) is 0 Å². The lowest BCUT2D eigenvalue weighted by Gasteiger charge is -2.14. The van der Waals surface area contributed by atoms with Crippen molar-refractivity contribution in [2.24, 2.45) is 17.0 Å². The second-order valence-corrected chi connectivity index (χ2v) is 4.11. The van der Waals surface area contributed by atoms with E-state index in [2.05, 4.69) is 22.3 Å². The molecule has 0 aromatic heterocycles. The van der Waals surface area contributed by atoms with Crippen LogP contribution in [-0.2, 0) is 4.79 Å². The minimum Gasteiger partial charge on any atom is -0.356 e. The Morgan fingerprint density at radius 3 is 3.00 bits per heavy atom. The molecule has 0 spiro atoms. The second-order valence-electron chi connectivity index (χ2n) is 4.11. The van der Waals surface area contributed by atoms with Crippen molar-refractivity contribution in [3.8, 4) is 0 Å². The van der Waals surface area contributed by atoms with Gasteiger partial charge in [0, 0.05) is 23.9 Å². The first kappa shape index (κ1) is 11.9. The maximum Gasteiger partial charge on any atom is 0.223 e. The van der Waals surface area contributed by atoms with Gasteiger partial charge in [0.25, 0.3) is 0 Å². The molecule has 15 heavy (non-hydrogen) atoms. The Labute approximate surface area is 89.9 Å². The highest BCUT2D eigenvalue weighted by Gasteiger charge is 2.29. The first-order valence-electron chi connectivity index (χ1n) is 5.54. The molecule has 1 aliphatic rings. The van der Waals surface area contributed by atoms with E-state index in [0.29, 0.717) is 19.0 Å². The number of amides is 1. The molecule has 2 atom stereocenters. The van der Waals surface area contributed by atoms with Gasteiger partial charge in [0.15, 0.2) is 0 Å². The van der Waals surface area contributed by atoms with Crippen LogP contribution in [0.5, 0.6) is 0 Å². The van der Waals surface area contributed by atoms with Gasteiger partial charge in [-0.25, -0.2) is 0 Å². The fraction of sp³-hybridized carbons (Fsp3) is 0.900. The maximum atomic E-state index is 11.7. The van der Waals surface area contributed by atoms with Crippen LogP contribution in [0.25, 0.3) is 10.4 Å². The van der Waals surface area contributed by atoms with E-state index in [9.17, 15) is 4.79 Å². The first-order valence-corrected chi connectivity index (χ1v) is 5.54. The summed E-state index contributed by atoms with van der Waals surface area (Å²) in [6, 6.07) is 0. The van der Waals surface area contributed by atoms with Gasteiger partial charge in [-0.2, -0.15) is 0 Å². The van der Waals surface area contributed by atoms with Crippen molar-refractivity contribution in [2.45, 2.75) is 32.6 Å². The Kier molecular flexibility index (Phi) is 4.98. The number of hydrogen-bond donors (Lipinski definition) is 1. The van der Waals surface area contributed by atoms with Crippen LogP contribution in [0.15, 0.2) is 5.11 Å². The second kappa shape index (κ2) is 6.30. The number of carbonyl (C=O) groups is 1. The zero-order chi connectivity index (χ0) is 11.1. The molecule has 0 saturated heterocycles. The summed E-state index contributed by atoms with van der Waals surface area (Å²) in [6.45, 7) is 3.20. The fourth-order valence-electron chi connectivity index (χ4n) is 2.07. The summed E-state index contributed by atoms with van der Waals surface area (Å²) >= 11 is 0. The Bertz CT molecular complexity index is 260. The molecule has 0 heterocycles.